The second-order valence-electron chi connectivity index (χ2n) is 13.6. The number of hydrogen-bond donors (Lipinski definition) is 0. The number of rotatable bonds is 7. The molecule has 2 aromatic heterocycles. The van der Waals surface area contributed by atoms with E-state index in [4.69, 9.17) is 10.2 Å². The molecule has 0 aliphatic carbocycles. The second-order valence-corrected chi connectivity index (χ2v) is 14.6. The van der Waals surface area contributed by atoms with Gasteiger partial charge in [0.05, 0.1) is 0 Å². The van der Waals surface area contributed by atoms with Gasteiger partial charge in [0.2, 0.25) is 0 Å². The summed E-state index contributed by atoms with van der Waals surface area (Å²) in [6.07, 6.45) is 0. The topological polar surface area (TPSA) is 38.7 Å². The van der Waals surface area contributed by atoms with Crippen molar-refractivity contribution < 1.29 is 0 Å². The summed E-state index contributed by atoms with van der Waals surface area (Å²) in [7, 11) is 0. The van der Waals surface area contributed by atoms with E-state index in [1.165, 1.54) is 42.4 Å². The molecular formula is C51H33N3S. The first-order valence-electron chi connectivity index (χ1n) is 18.5. The summed E-state index contributed by atoms with van der Waals surface area (Å²) >= 11 is 1.84. The van der Waals surface area contributed by atoms with E-state index in [2.05, 4.69) is 187 Å². The molecular weight excluding hydrogens is 687 g/mol. The Morgan fingerprint density at radius 3 is 1.53 bits per heavy atom. The molecule has 0 spiro atoms. The minimum atomic E-state index is 0.785. The van der Waals surface area contributed by atoms with Crippen LogP contribution >= 0.6 is 11.3 Å². The largest absolute Gasteiger partial charge is 0.135 e. The molecule has 10 rings (SSSR count). The molecule has 0 radical (unpaired) electrons. The van der Waals surface area contributed by atoms with Crippen LogP contribution in [0.15, 0.2) is 200 Å². The van der Waals surface area contributed by atoms with E-state index in [1.54, 1.807) is 0 Å². The third-order valence-electron chi connectivity index (χ3n) is 10.4. The van der Waals surface area contributed by atoms with Crippen molar-refractivity contribution in [2.45, 2.75) is 0 Å². The van der Waals surface area contributed by atoms with Crippen molar-refractivity contribution in [3.05, 3.63) is 200 Å². The average Bonchev–Trinajstić information content (AvgIpc) is 3.66. The summed E-state index contributed by atoms with van der Waals surface area (Å²) in [5.74, 6) is 0. The molecule has 258 valence electrons. The molecule has 0 saturated carbocycles. The Balaban J connectivity index is 1.38. The molecule has 0 unspecified atom stereocenters. The van der Waals surface area contributed by atoms with Crippen LogP contribution in [0.4, 0.5) is 0 Å². The smallest absolute Gasteiger partial charge is 0.106 e. The molecule has 0 aliphatic heterocycles. The Labute approximate surface area is 323 Å². The minimum Gasteiger partial charge on any atom is -0.135 e. The number of benzene rings is 8. The van der Waals surface area contributed by atoms with Gasteiger partial charge in [-0.1, -0.05) is 188 Å². The SMILES string of the molecule is c1ccc(-c2ccccc2-c2ccc3sc4ccccc4c3c2-c2cccc(-c3ccccc3)c2-c2nnnc(-c3ccccc3)c2-c2ccccc2)cc1. The van der Waals surface area contributed by atoms with Gasteiger partial charge < -0.3 is 0 Å². The van der Waals surface area contributed by atoms with Crippen molar-refractivity contribution >= 4 is 31.5 Å². The van der Waals surface area contributed by atoms with E-state index in [-0.39, 0.29) is 0 Å². The fourth-order valence-corrected chi connectivity index (χ4v) is 9.07. The molecule has 3 nitrogen and oxygen atoms in total. The maximum atomic E-state index is 5.02. The van der Waals surface area contributed by atoms with Crippen molar-refractivity contribution in [1.29, 1.82) is 0 Å². The molecule has 0 N–H and O–H groups in total. The van der Waals surface area contributed by atoms with Gasteiger partial charge in [0.15, 0.2) is 0 Å². The van der Waals surface area contributed by atoms with Crippen molar-refractivity contribution in [2.75, 3.05) is 0 Å². The number of hydrogen-bond acceptors (Lipinski definition) is 4. The zero-order chi connectivity index (χ0) is 36.6. The van der Waals surface area contributed by atoms with Crippen LogP contribution in [0.3, 0.4) is 0 Å². The van der Waals surface area contributed by atoms with Crippen LogP contribution in [-0.2, 0) is 0 Å². The van der Waals surface area contributed by atoms with E-state index in [0.29, 0.717) is 0 Å². The number of nitrogens with zero attached hydrogens (tertiary/aromatic N) is 3. The van der Waals surface area contributed by atoms with Gasteiger partial charge in [-0.25, -0.2) is 0 Å². The Morgan fingerprint density at radius 2 is 0.818 bits per heavy atom. The Bertz CT molecular complexity index is 2960. The predicted octanol–water partition coefficient (Wildman–Crippen LogP) is 13.9. The van der Waals surface area contributed by atoms with Crippen LogP contribution in [0.1, 0.15) is 0 Å². The summed E-state index contributed by atoms with van der Waals surface area (Å²) < 4.78 is 2.50. The molecule has 0 atom stereocenters. The third-order valence-corrected chi connectivity index (χ3v) is 11.5. The third kappa shape index (κ3) is 5.81. The molecule has 4 heteroatoms. The van der Waals surface area contributed by atoms with Crippen LogP contribution in [0, 0.1) is 0 Å². The number of aromatic nitrogens is 3. The van der Waals surface area contributed by atoms with Crippen LogP contribution in [-0.4, -0.2) is 15.4 Å². The van der Waals surface area contributed by atoms with Gasteiger partial charge in [-0.2, -0.15) is 0 Å². The molecule has 0 aliphatic rings. The maximum Gasteiger partial charge on any atom is 0.106 e. The lowest BCUT2D eigenvalue weighted by Crippen LogP contribution is -2.03. The van der Waals surface area contributed by atoms with Crippen LogP contribution in [0.25, 0.3) is 98.3 Å². The van der Waals surface area contributed by atoms with Crippen LogP contribution in [0.2, 0.25) is 0 Å². The van der Waals surface area contributed by atoms with E-state index < -0.39 is 0 Å². The highest BCUT2D eigenvalue weighted by molar-refractivity contribution is 7.26. The van der Waals surface area contributed by atoms with E-state index >= 15 is 0 Å². The molecule has 8 aromatic carbocycles. The van der Waals surface area contributed by atoms with Gasteiger partial charge in [-0.3, -0.25) is 0 Å². The van der Waals surface area contributed by atoms with Gasteiger partial charge in [-0.15, -0.1) is 21.5 Å². The van der Waals surface area contributed by atoms with Crippen LogP contribution in [0.5, 0.6) is 0 Å². The summed E-state index contributed by atoms with van der Waals surface area (Å²) in [6, 6.07) is 71.0. The number of thiophene rings is 1. The highest BCUT2D eigenvalue weighted by atomic mass is 32.1. The van der Waals surface area contributed by atoms with Gasteiger partial charge >= 0.3 is 0 Å². The first-order valence-corrected chi connectivity index (χ1v) is 19.3. The number of fused-ring (bicyclic) bond motifs is 3. The van der Waals surface area contributed by atoms with Crippen molar-refractivity contribution in [3.63, 3.8) is 0 Å². The lowest BCUT2D eigenvalue weighted by molar-refractivity contribution is 0.879. The Morgan fingerprint density at radius 1 is 0.291 bits per heavy atom. The predicted molar refractivity (Wildman–Crippen MR) is 231 cm³/mol. The average molecular weight is 720 g/mol. The lowest BCUT2D eigenvalue weighted by Gasteiger charge is -2.22. The first-order chi connectivity index (χ1) is 27.3. The highest BCUT2D eigenvalue weighted by Gasteiger charge is 2.27. The van der Waals surface area contributed by atoms with Gasteiger partial charge in [0.25, 0.3) is 0 Å². The van der Waals surface area contributed by atoms with Crippen molar-refractivity contribution in [1.82, 2.24) is 15.4 Å². The molecule has 0 amide bonds. The quantitative estimate of drug-likeness (QED) is 0.165. The van der Waals surface area contributed by atoms with E-state index in [1.807, 2.05) is 29.5 Å². The second kappa shape index (κ2) is 14.1. The summed E-state index contributed by atoms with van der Waals surface area (Å²) in [6.45, 7) is 0. The summed E-state index contributed by atoms with van der Waals surface area (Å²) in [5, 5.41) is 16.8. The summed E-state index contributed by atoms with van der Waals surface area (Å²) in [5.41, 5.74) is 14.7. The van der Waals surface area contributed by atoms with Gasteiger partial charge in [0, 0.05) is 36.9 Å². The standard InChI is InChI=1S/C51H33N3S/c1-5-18-34(19-6-1)38-26-13-14-27-40(38)41-32-33-45-49(42-28-15-16-31-44(42)55-45)47(41)43-30-17-29-39(35-20-7-2-8-21-35)48(43)51-46(36-22-9-3-10-23-36)50(52-54-53-51)37-24-11-4-12-25-37/h1-33H. The van der Waals surface area contributed by atoms with Crippen molar-refractivity contribution in [2.24, 2.45) is 0 Å². The van der Waals surface area contributed by atoms with Crippen LogP contribution < -0.4 is 0 Å². The minimum absolute atomic E-state index is 0.785. The Kier molecular flexibility index (Phi) is 8.36. The molecule has 0 bridgehead atoms. The maximum absolute atomic E-state index is 5.02. The molecule has 0 fully saturated rings. The molecule has 0 saturated heterocycles. The lowest BCUT2D eigenvalue weighted by atomic mass is 9.81. The molecule has 2 heterocycles. The van der Waals surface area contributed by atoms with E-state index in [9.17, 15) is 0 Å². The summed E-state index contributed by atoms with van der Waals surface area (Å²) in [4.78, 5) is 0. The fourth-order valence-electron chi connectivity index (χ4n) is 7.96. The van der Waals surface area contributed by atoms with E-state index in [0.717, 1.165) is 55.9 Å². The molecule has 55 heavy (non-hydrogen) atoms. The normalized spacial score (nSPS) is 11.3. The van der Waals surface area contributed by atoms with Gasteiger partial charge in [0.1, 0.15) is 11.4 Å². The Hall–Kier alpha value is -7.01. The zero-order valence-corrected chi connectivity index (χ0v) is 30.6. The monoisotopic (exact) mass is 719 g/mol. The fraction of sp³-hybridized carbons (Fsp3) is 0. The molecule has 10 aromatic rings. The van der Waals surface area contributed by atoms with Crippen molar-refractivity contribution in [3.8, 4) is 78.1 Å². The zero-order valence-electron chi connectivity index (χ0n) is 29.8. The van der Waals surface area contributed by atoms with Gasteiger partial charge in [-0.05, 0) is 67.4 Å². The highest BCUT2D eigenvalue weighted by Crippen LogP contribution is 2.52. The first kappa shape index (κ1) is 32.6.